The molecule has 1 aromatic rings. The van der Waals surface area contributed by atoms with Crippen LogP contribution in [-0.4, -0.2) is 29.2 Å². The van der Waals surface area contributed by atoms with Crippen molar-refractivity contribution in [3.05, 3.63) is 41.5 Å². The van der Waals surface area contributed by atoms with Crippen LogP contribution in [0.15, 0.2) is 30.4 Å². The predicted molar refractivity (Wildman–Crippen MR) is 96.0 cm³/mol. The molecule has 2 saturated carbocycles. The number of anilines is 1. The molecule has 1 heterocycles. The van der Waals surface area contributed by atoms with Crippen LogP contribution in [-0.2, 0) is 14.4 Å². The van der Waals surface area contributed by atoms with Gasteiger partial charge in [-0.25, -0.2) is 0 Å². The van der Waals surface area contributed by atoms with Crippen LogP contribution in [0.3, 0.4) is 0 Å². The second kappa shape index (κ2) is 5.29. The summed E-state index contributed by atoms with van der Waals surface area (Å²) in [5.41, 5.74) is 2.93. The number of aryl methyl sites for hydroxylation is 2. The van der Waals surface area contributed by atoms with Crippen molar-refractivity contribution >= 4 is 23.4 Å². The van der Waals surface area contributed by atoms with E-state index in [0.29, 0.717) is 17.5 Å². The van der Waals surface area contributed by atoms with E-state index in [2.05, 4.69) is 17.5 Å². The van der Waals surface area contributed by atoms with E-state index in [0.717, 1.165) is 17.5 Å². The summed E-state index contributed by atoms with van der Waals surface area (Å²) in [6.07, 6.45) is 5.43. The van der Waals surface area contributed by atoms with Crippen molar-refractivity contribution in [3.8, 4) is 0 Å². The van der Waals surface area contributed by atoms with Gasteiger partial charge in [0, 0.05) is 5.69 Å². The van der Waals surface area contributed by atoms with E-state index < -0.39 is 0 Å². The first-order chi connectivity index (χ1) is 12.5. The molecule has 0 unspecified atom stereocenters. The Labute approximate surface area is 152 Å². The summed E-state index contributed by atoms with van der Waals surface area (Å²) >= 11 is 0. The first-order valence-corrected chi connectivity index (χ1v) is 9.36. The number of carbonyl (C=O) groups is 3. The lowest BCUT2D eigenvalue weighted by molar-refractivity contribution is -0.142. The number of nitrogens with one attached hydrogen (secondary N) is 1. The molecular weight excluding hydrogens is 328 g/mol. The summed E-state index contributed by atoms with van der Waals surface area (Å²) in [5, 5.41) is 2.81. The van der Waals surface area contributed by atoms with Gasteiger partial charge in [-0.3, -0.25) is 19.3 Å². The minimum absolute atomic E-state index is 0.153. The lowest BCUT2D eigenvalue weighted by Gasteiger charge is -2.37. The zero-order valence-corrected chi connectivity index (χ0v) is 14.9. The largest absolute Gasteiger partial charge is 0.325 e. The van der Waals surface area contributed by atoms with Crippen molar-refractivity contribution < 1.29 is 14.4 Å². The number of amides is 3. The first-order valence-electron chi connectivity index (χ1n) is 9.36. The minimum atomic E-state index is -0.320. The highest BCUT2D eigenvalue weighted by atomic mass is 16.2. The Morgan fingerprint density at radius 2 is 1.65 bits per heavy atom. The van der Waals surface area contributed by atoms with Crippen LogP contribution >= 0.6 is 0 Å². The Balaban J connectivity index is 1.32. The van der Waals surface area contributed by atoms with E-state index in [-0.39, 0.29) is 47.9 Å². The molecule has 5 nitrogen and oxygen atoms in total. The molecule has 1 N–H and O–H groups in total. The quantitative estimate of drug-likeness (QED) is 0.672. The Bertz CT molecular complexity index is 838. The SMILES string of the molecule is Cc1ccc(NC(=O)CN2C(=O)[C@H]3[C@@H]4C=C[C@@H]([C@H]5C[C@H]45)[C@@H]3C2=O)cc1C. The van der Waals surface area contributed by atoms with Crippen molar-refractivity contribution in [3.63, 3.8) is 0 Å². The molecule has 5 aliphatic rings. The van der Waals surface area contributed by atoms with Crippen molar-refractivity contribution in [2.24, 2.45) is 35.5 Å². The van der Waals surface area contributed by atoms with Crippen LogP contribution in [0.2, 0.25) is 0 Å². The zero-order chi connectivity index (χ0) is 18.2. The fourth-order valence-electron chi connectivity index (χ4n) is 5.34. The number of hydrogen-bond donors (Lipinski definition) is 1. The molecule has 6 atom stereocenters. The summed E-state index contributed by atoms with van der Waals surface area (Å²) in [5.74, 6) is 0.434. The van der Waals surface area contributed by atoms with Gasteiger partial charge in [0.2, 0.25) is 17.7 Å². The fourth-order valence-corrected chi connectivity index (χ4v) is 5.34. The molecule has 134 valence electrons. The minimum Gasteiger partial charge on any atom is -0.325 e. The maximum Gasteiger partial charge on any atom is 0.244 e. The van der Waals surface area contributed by atoms with Crippen LogP contribution in [0.4, 0.5) is 5.69 Å². The topological polar surface area (TPSA) is 66.5 Å². The van der Waals surface area contributed by atoms with Crippen LogP contribution in [0.25, 0.3) is 0 Å². The molecule has 26 heavy (non-hydrogen) atoms. The average molecular weight is 350 g/mol. The highest BCUT2D eigenvalue weighted by Crippen LogP contribution is 2.65. The van der Waals surface area contributed by atoms with Crippen LogP contribution < -0.4 is 5.32 Å². The Hall–Kier alpha value is -2.43. The summed E-state index contributed by atoms with van der Waals surface area (Å²) in [6.45, 7) is 3.81. The molecule has 5 heteroatoms. The van der Waals surface area contributed by atoms with Crippen molar-refractivity contribution in [2.75, 3.05) is 11.9 Å². The van der Waals surface area contributed by atoms with E-state index in [9.17, 15) is 14.4 Å². The predicted octanol–water partition coefficient (Wildman–Crippen LogP) is 2.30. The number of benzene rings is 1. The van der Waals surface area contributed by atoms with Gasteiger partial charge in [-0.1, -0.05) is 18.2 Å². The summed E-state index contributed by atoms with van der Waals surface area (Å²) in [7, 11) is 0. The number of carbonyl (C=O) groups excluding carboxylic acids is 3. The molecular formula is C21H22N2O3. The molecule has 3 amide bonds. The third-order valence-electron chi connectivity index (χ3n) is 6.85. The highest BCUT2D eigenvalue weighted by Gasteiger charge is 2.67. The third kappa shape index (κ3) is 2.12. The summed E-state index contributed by atoms with van der Waals surface area (Å²) < 4.78 is 0. The summed E-state index contributed by atoms with van der Waals surface area (Å²) in [6, 6.07) is 5.69. The van der Waals surface area contributed by atoms with Gasteiger partial charge >= 0.3 is 0 Å². The monoisotopic (exact) mass is 350 g/mol. The Morgan fingerprint density at radius 1 is 1.04 bits per heavy atom. The molecule has 1 saturated heterocycles. The maximum absolute atomic E-state index is 12.9. The zero-order valence-electron chi connectivity index (χ0n) is 14.9. The molecule has 0 radical (unpaired) electrons. The van der Waals surface area contributed by atoms with Gasteiger partial charge in [-0.05, 0) is 67.2 Å². The van der Waals surface area contributed by atoms with Gasteiger partial charge in [0.15, 0.2) is 0 Å². The molecule has 1 aromatic carbocycles. The van der Waals surface area contributed by atoms with Gasteiger partial charge in [-0.2, -0.15) is 0 Å². The van der Waals surface area contributed by atoms with Gasteiger partial charge in [0.05, 0.1) is 11.8 Å². The fraction of sp³-hybridized carbons (Fsp3) is 0.476. The third-order valence-corrected chi connectivity index (χ3v) is 6.85. The van der Waals surface area contributed by atoms with E-state index in [1.807, 2.05) is 32.0 Å². The normalized spacial score (nSPS) is 36.2. The van der Waals surface area contributed by atoms with Crippen LogP contribution in [0.1, 0.15) is 17.5 Å². The van der Waals surface area contributed by atoms with E-state index in [1.165, 1.54) is 4.90 Å². The van der Waals surface area contributed by atoms with Crippen molar-refractivity contribution in [2.45, 2.75) is 20.3 Å². The Morgan fingerprint density at radius 3 is 2.23 bits per heavy atom. The maximum atomic E-state index is 12.9. The molecule has 0 spiro atoms. The first kappa shape index (κ1) is 15.8. The van der Waals surface area contributed by atoms with Gasteiger partial charge in [-0.15, -0.1) is 0 Å². The average Bonchev–Trinajstić information content (AvgIpc) is 3.39. The molecule has 3 fully saturated rings. The van der Waals surface area contributed by atoms with E-state index >= 15 is 0 Å². The lowest BCUT2D eigenvalue weighted by Crippen LogP contribution is -2.40. The second-order valence-corrected chi connectivity index (χ2v) is 8.26. The molecule has 0 aromatic heterocycles. The lowest BCUT2D eigenvalue weighted by atomic mass is 9.63. The van der Waals surface area contributed by atoms with Crippen LogP contribution in [0, 0.1) is 49.4 Å². The number of nitrogens with zero attached hydrogens (tertiary/aromatic N) is 1. The number of allylic oxidation sites excluding steroid dienone is 2. The number of imide groups is 1. The molecule has 4 aliphatic carbocycles. The smallest absolute Gasteiger partial charge is 0.244 e. The molecule has 6 rings (SSSR count). The number of hydrogen-bond acceptors (Lipinski definition) is 3. The number of rotatable bonds is 3. The van der Waals surface area contributed by atoms with Crippen molar-refractivity contribution in [1.29, 1.82) is 0 Å². The van der Waals surface area contributed by atoms with Gasteiger partial charge < -0.3 is 5.32 Å². The second-order valence-electron chi connectivity index (χ2n) is 8.26. The van der Waals surface area contributed by atoms with Crippen LogP contribution in [0.5, 0.6) is 0 Å². The highest BCUT2D eigenvalue weighted by molar-refractivity contribution is 6.09. The van der Waals surface area contributed by atoms with E-state index in [1.54, 1.807) is 0 Å². The standard InChI is InChI=1S/C21H22N2O3/c1-10-3-4-12(7-11(10)2)22-17(24)9-23-20(25)18-13-5-6-14(16-8-15(13)16)19(18)21(23)26/h3-7,13-16,18-19H,8-9H2,1-2H3,(H,22,24)/t13-,14+,15-,16-,18+,19+/m1/s1. The Kier molecular flexibility index (Phi) is 3.21. The van der Waals surface area contributed by atoms with Gasteiger partial charge in [0.25, 0.3) is 0 Å². The number of likely N-dealkylation sites (tertiary alicyclic amines) is 1. The van der Waals surface area contributed by atoms with Gasteiger partial charge in [0.1, 0.15) is 6.54 Å². The van der Waals surface area contributed by atoms with E-state index in [4.69, 9.17) is 0 Å². The summed E-state index contributed by atoms with van der Waals surface area (Å²) in [4.78, 5) is 39.4. The molecule has 2 bridgehead atoms. The van der Waals surface area contributed by atoms with Crippen molar-refractivity contribution in [1.82, 2.24) is 4.90 Å². The molecule has 1 aliphatic heterocycles.